The van der Waals surface area contributed by atoms with Crippen LogP contribution in [0, 0.1) is 0 Å². The molecule has 1 rings (SSSR count). The molecule has 0 amide bonds. The number of hydrogen-bond acceptors (Lipinski definition) is 3. The summed E-state index contributed by atoms with van der Waals surface area (Å²) < 4.78 is 5.15. The van der Waals surface area contributed by atoms with Crippen LogP contribution in [-0.2, 0) is 4.74 Å². The lowest BCUT2D eigenvalue weighted by Gasteiger charge is -2.16. The molecule has 3 nitrogen and oxygen atoms in total. The van der Waals surface area contributed by atoms with Crippen molar-refractivity contribution in [3.8, 4) is 0 Å². The number of rotatable bonds is 1. The quantitative estimate of drug-likeness (QED) is 0.578. The van der Waals surface area contributed by atoms with Crippen LogP contribution < -0.4 is 0 Å². The number of methoxy groups -OCH3 is 1. The van der Waals surface area contributed by atoms with Crippen LogP contribution >= 0.6 is 0 Å². The van der Waals surface area contributed by atoms with Crippen molar-refractivity contribution in [1.82, 2.24) is 4.90 Å². The molecule has 1 aliphatic heterocycles. The van der Waals surface area contributed by atoms with Crippen molar-refractivity contribution in [3.63, 3.8) is 0 Å². The average Bonchev–Trinajstić information content (AvgIpc) is 2.39. The van der Waals surface area contributed by atoms with Gasteiger partial charge in [-0.15, -0.1) is 0 Å². The molecule has 0 saturated carbocycles. The Hall–Kier alpha value is -0.120. The highest BCUT2D eigenvalue weighted by molar-refractivity contribution is 4.66. The van der Waals surface area contributed by atoms with Crippen molar-refractivity contribution in [2.75, 3.05) is 27.8 Å². The molecule has 1 saturated heterocycles. The second-order valence-electron chi connectivity index (χ2n) is 2.31. The Morgan fingerprint density at radius 2 is 2.10 bits per heavy atom. The number of aliphatic hydroxyl groups excluding tert-OH is 1. The second-order valence-corrected chi connectivity index (χ2v) is 2.31. The molecule has 0 aliphatic carbocycles. The van der Waals surface area contributed by atoms with Gasteiger partial charge in [-0.05, 0) is 19.9 Å². The van der Waals surface area contributed by atoms with E-state index in [9.17, 15) is 0 Å². The minimum Gasteiger partial charge on any atom is -0.400 e. The maximum absolute atomic E-state index is 7.00. The maximum atomic E-state index is 7.00. The van der Waals surface area contributed by atoms with Gasteiger partial charge in [0.1, 0.15) is 6.23 Å². The number of nitrogens with zero attached hydrogens (tertiary/aromatic N) is 1. The van der Waals surface area contributed by atoms with Gasteiger partial charge in [0, 0.05) is 20.8 Å². The fourth-order valence-corrected chi connectivity index (χ4v) is 1.18. The lowest BCUT2D eigenvalue weighted by atomic mass is 10.4. The topological polar surface area (TPSA) is 32.7 Å². The summed E-state index contributed by atoms with van der Waals surface area (Å²) in [6, 6.07) is 0. The monoisotopic (exact) mass is 147 g/mol. The zero-order valence-electron chi connectivity index (χ0n) is 7.00. The van der Waals surface area contributed by atoms with Crippen molar-refractivity contribution in [3.05, 3.63) is 0 Å². The van der Waals surface area contributed by atoms with E-state index in [4.69, 9.17) is 9.84 Å². The van der Waals surface area contributed by atoms with Gasteiger partial charge in [-0.2, -0.15) is 0 Å². The van der Waals surface area contributed by atoms with Gasteiger partial charge in [-0.3, -0.25) is 4.90 Å². The van der Waals surface area contributed by atoms with Crippen LogP contribution in [-0.4, -0.2) is 44.0 Å². The van der Waals surface area contributed by atoms with Crippen LogP contribution in [0.15, 0.2) is 0 Å². The SMILES string of the molecule is CO.COC1CCCN1C. The summed E-state index contributed by atoms with van der Waals surface area (Å²) in [4.78, 5) is 2.24. The van der Waals surface area contributed by atoms with Gasteiger partial charge in [0.2, 0.25) is 0 Å². The highest BCUT2D eigenvalue weighted by Crippen LogP contribution is 2.13. The molecule has 62 valence electrons. The molecule has 1 atom stereocenters. The minimum absolute atomic E-state index is 0.398. The third kappa shape index (κ3) is 2.64. The summed E-state index contributed by atoms with van der Waals surface area (Å²) in [5, 5.41) is 7.00. The molecule has 0 aromatic heterocycles. The number of ether oxygens (including phenoxy) is 1. The predicted octanol–water partition coefficient (Wildman–Crippen LogP) is 0.293. The van der Waals surface area contributed by atoms with Gasteiger partial charge in [-0.25, -0.2) is 0 Å². The van der Waals surface area contributed by atoms with Crippen molar-refractivity contribution in [1.29, 1.82) is 0 Å². The van der Waals surface area contributed by atoms with Crippen LogP contribution in [0.2, 0.25) is 0 Å². The van der Waals surface area contributed by atoms with E-state index in [1.54, 1.807) is 7.11 Å². The minimum atomic E-state index is 0.398. The molecule has 0 aromatic rings. The van der Waals surface area contributed by atoms with Crippen LogP contribution in [0.25, 0.3) is 0 Å². The molecular weight excluding hydrogens is 130 g/mol. The Morgan fingerprint density at radius 3 is 2.30 bits per heavy atom. The van der Waals surface area contributed by atoms with E-state index < -0.39 is 0 Å². The Bertz CT molecular complexity index is 78.0. The Balaban J connectivity index is 0.000000371. The van der Waals surface area contributed by atoms with Crippen LogP contribution in [0.4, 0.5) is 0 Å². The van der Waals surface area contributed by atoms with E-state index in [1.165, 1.54) is 19.4 Å². The summed E-state index contributed by atoms with van der Waals surface area (Å²) in [6.45, 7) is 1.19. The molecule has 1 aliphatic rings. The lowest BCUT2D eigenvalue weighted by Crippen LogP contribution is -2.25. The predicted molar refractivity (Wildman–Crippen MR) is 40.8 cm³/mol. The summed E-state index contributed by atoms with van der Waals surface area (Å²) in [7, 11) is 4.87. The van der Waals surface area contributed by atoms with Crippen LogP contribution in [0.1, 0.15) is 12.8 Å². The third-order valence-corrected chi connectivity index (χ3v) is 1.73. The fraction of sp³-hybridized carbons (Fsp3) is 1.00. The van der Waals surface area contributed by atoms with E-state index in [0.29, 0.717) is 6.23 Å². The summed E-state index contributed by atoms with van der Waals surface area (Å²) >= 11 is 0. The molecule has 1 heterocycles. The van der Waals surface area contributed by atoms with Gasteiger partial charge in [0.05, 0.1) is 0 Å². The average molecular weight is 147 g/mol. The Kier molecular flexibility index (Phi) is 5.58. The third-order valence-electron chi connectivity index (χ3n) is 1.73. The maximum Gasteiger partial charge on any atom is 0.110 e. The zero-order chi connectivity index (χ0) is 7.98. The smallest absolute Gasteiger partial charge is 0.110 e. The first-order valence-corrected chi connectivity index (χ1v) is 3.52. The van der Waals surface area contributed by atoms with E-state index >= 15 is 0 Å². The molecule has 0 spiro atoms. The largest absolute Gasteiger partial charge is 0.400 e. The molecular formula is C7H17NO2. The number of likely N-dealkylation sites (tertiary alicyclic amines) is 1. The van der Waals surface area contributed by atoms with Crippen molar-refractivity contribution in [2.45, 2.75) is 19.1 Å². The van der Waals surface area contributed by atoms with E-state index in [1.807, 2.05) is 0 Å². The molecule has 1 N–H and O–H groups in total. The van der Waals surface area contributed by atoms with Gasteiger partial charge in [0.25, 0.3) is 0 Å². The van der Waals surface area contributed by atoms with E-state index in [-0.39, 0.29) is 0 Å². The van der Waals surface area contributed by atoms with Gasteiger partial charge < -0.3 is 9.84 Å². The molecule has 1 unspecified atom stereocenters. The molecule has 0 radical (unpaired) electrons. The number of aliphatic hydroxyl groups is 1. The van der Waals surface area contributed by atoms with E-state index in [0.717, 1.165) is 7.11 Å². The Labute approximate surface area is 62.6 Å². The number of hydrogen-bond donors (Lipinski definition) is 1. The summed E-state index contributed by atoms with van der Waals surface area (Å²) in [5.41, 5.74) is 0. The lowest BCUT2D eigenvalue weighted by molar-refractivity contribution is 0.0109. The zero-order valence-corrected chi connectivity index (χ0v) is 7.00. The molecule has 10 heavy (non-hydrogen) atoms. The molecule has 0 aromatic carbocycles. The molecule has 0 bridgehead atoms. The van der Waals surface area contributed by atoms with Crippen molar-refractivity contribution < 1.29 is 9.84 Å². The van der Waals surface area contributed by atoms with Crippen LogP contribution in [0.5, 0.6) is 0 Å². The normalized spacial score (nSPS) is 25.8. The second kappa shape index (κ2) is 5.65. The summed E-state index contributed by atoms with van der Waals surface area (Å²) in [6.07, 6.45) is 2.89. The van der Waals surface area contributed by atoms with E-state index in [2.05, 4.69) is 11.9 Å². The Morgan fingerprint density at radius 1 is 1.50 bits per heavy atom. The van der Waals surface area contributed by atoms with Crippen LogP contribution in [0.3, 0.4) is 0 Å². The first-order valence-electron chi connectivity index (χ1n) is 3.52. The fourth-order valence-electron chi connectivity index (χ4n) is 1.18. The molecule has 1 fully saturated rings. The first-order chi connectivity index (χ1) is 4.84. The van der Waals surface area contributed by atoms with Crippen molar-refractivity contribution in [2.24, 2.45) is 0 Å². The highest BCUT2D eigenvalue weighted by Gasteiger charge is 2.18. The van der Waals surface area contributed by atoms with Gasteiger partial charge >= 0.3 is 0 Å². The van der Waals surface area contributed by atoms with Crippen molar-refractivity contribution >= 4 is 0 Å². The standard InChI is InChI=1S/C6H13NO.CH4O/c1-7-5-3-4-6(7)8-2;1-2/h6H,3-5H2,1-2H3;2H,1H3. The first kappa shape index (κ1) is 9.88. The highest BCUT2D eigenvalue weighted by atomic mass is 16.5. The summed E-state index contributed by atoms with van der Waals surface area (Å²) in [5.74, 6) is 0. The van der Waals surface area contributed by atoms with Gasteiger partial charge in [0.15, 0.2) is 0 Å². The van der Waals surface area contributed by atoms with Gasteiger partial charge in [-0.1, -0.05) is 0 Å². The molecule has 3 heteroatoms.